The standard InChI is InChI=1S/C23H22Cl2N6O4/c24-12-5-7-15(17(25)9-12)21-20(22(32)29-34)14-8-6-13(35-11-28-30-27)10-16(14)23(33)31(21)19-4-2-1-3-18(19)26/h5-10,18-21H,1-4,11,26H2/t18-,19-,20+,21-/m0/s1. The van der Waals surface area contributed by atoms with Crippen molar-refractivity contribution in [1.29, 1.82) is 0 Å². The first kappa shape index (κ1) is 24.9. The van der Waals surface area contributed by atoms with Crippen molar-refractivity contribution in [1.82, 2.24) is 4.90 Å². The highest BCUT2D eigenvalue weighted by Gasteiger charge is 2.49. The van der Waals surface area contributed by atoms with Crippen molar-refractivity contribution < 1.29 is 14.3 Å². The van der Waals surface area contributed by atoms with E-state index in [2.05, 4.69) is 15.2 Å². The molecule has 2 aliphatic rings. The lowest BCUT2D eigenvalue weighted by Gasteiger charge is -2.48. The Bertz CT molecular complexity index is 1220. The first-order chi connectivity index (χ1) is 16.9. The fraction of sp³-hybridized carbons (Fsp3) is 0.391. The van der Waals surface area contributed by atoms with Crippen molar-refractivity contribution in [2.24, 2.45) is 16.0 Å². The van der Waals surface area contributed by atoms with Crippen LogP contribution in [-0.4, -0.2) is 35.5 Å². The molecule has 2 aromatic rings. The van der Waals surface area contributed by atoms with Crippen LogP contribution >= 0.6 is 23.2 Å². The predicted molar refractivity (Wildman–Crippen MR) is 130 cm³/mol. The van der Waals surface area contributed by atoms with Crippen molar-refractivity contribution in [3.05, 3.63) is 78.5 Å². The maximum Gasteiger partial charge on any atom is 0.296 e. The second-order valence-electron chi connectivity index (χ2n) is 8.50. The first-order valence-electron chi connectivity index (χ1n) is 11.1. The minimum atomic E-state index is -1.11. The Balaban J connectivity index is 1.92. The lowest BCUT2D eigenvalue weighted by Crippen LogP contribution is -2.56. The molecule has 12 heteroatoms. The summed E-state index contributed by atoms with van der Waals surface area (Å²) in [5.74, 6) is -2.15. The highest BCUT2D eigenvalue weighted by molar-refractivity contribution is 6.35. The average Bonchev–Trinajstić information content (AvgIpc) is 2.85. The van der Waals surface area contributed by atoms with E-state index in [-0.39, 0.29) is 35.0 Å². The van der Waals surface area contributed by atoms with Gasteiger partial charge in [-0.15, -0.1) is 4.91 Å². The zero-order valence-corrected chi connectivity index (χ0v) is 20.0. The molecular formula is C23H22Cl2N6O4. The molecule has 0 spiro atoms. The molecule has 4 rings (SSSR count). The minimum absolute atomic E-state index is 0.185. The van der Waals surface area contributed by atoms with E-state index in [4.69, 9.17) is 39.2 Å². The van der Waals surface area contributed by atoms with E-state index in [1.165, 1.54) is 18.2 Å². The molecule has 4 atom stereocenters. The van der Waals surface area contributed by atoms with E-state index in [9.17, 15) is 14.5 Å². The minimum Gasteiger partial charge on any atom is -0.487 e. The monoisotopic (exact) mass is 516 g/mol. The number of hydrogen-bond acceptors (Lipinski definition) is 6. The van der Waals surface area contributed by atoms with E-state index in [1.54, 1.807) is 23.1 Å². The summed E-state index contributed by atoms with van der Waals surface area (Å²) in [5.41, 5.74) is 15.9. The van der Waals surface area contributed by atoms with Gasteiger partial charge < -0.3 is 15.4 Å². The third-order valence-electron chi connectivity index (χ3n) is 6.57. The third-order valence-corrected chi connectivity index (χ3v) is 7.13. The van der Waals surface area contributed by atoms with Crippen molar-refractivity contribution in [3.8, 4) is 5.75 Å². The molecule has 0 unspecified atom stereocenters. The van der Waals surface area contributed by atoms with Crippen LogP contribution in [0.5, 0.6) is 5.75 Å². The molecule has 0 radical (unpaired) electrons. The summed E-state index contributed by atoms with van der Waals surface area (Å²) in [4.78, 5) is 42.8. The van der Waals surface area contributed by atoms with Crippen molar-refractivity contribution in [2.75, 3.05) is 6.73 Å². The van der Waals surface area contributed by atoms with Crippen molar-refractivity contribution in [3.63, 3.8) is 0 Å². The normalized spacial score (nSPS) is 23.7. The molecule has 1 fully saturated rings. The Kier molecular flexibility index (Phi) is 7.57. The number of nitroso groups, excluding NO2 is 1. The van der Waals surface area contributed by atoms with Crippen LogP contribution in [0.2, 0.25) is 10.0 Å². The van der Waals surface area contributed by atoms with Gasteiger partial charge >= 0.3 is 0 Å². The fourth-order valence-corrected chi connectivity index (χ4v) is 5.57. The molecule has 0 bridgehead atoms. The van der Waals surface area contributed by atoms with Crippen LogP contribution in [0.25, 0.3) is 10.4 Å². The molecule has 35 heavy (non-hydrogen) atoms. The summed E-state index contributed by atoms with van der Waals surface area (Å²) in [6.07, 6.45) is 3.13. The Hall–Kier alpha value is -3.17. The quantitative estimate of drug-likeness (QED) is 0.233. The third kappa shape index (κ3) is 4.83. The molecule has 1 saturated carbocycles. The molecular weight excluding hydrogens is 495 g/mol. The van der Waals surface area contributed by atoms with Crippen LogP contribution in [0.1, 0.15) is 59.1 Å². The Morgan fingerprint density at radius 2 is 1.91 bits per heavy atom. The van der Waals surface area contributed by atoms with Gasteiger partial charge in [0.2, 0.25) is 0 Å². The van der Waals surface area contributed by atoms with Crippen molar-refractivity contribution >= 4 is 35.0 Å². The number of rotatable bonds is 6. The SMILES string of the molecule is [N-]=[N+]=NCOc1ccc2c(c1)C(=O)N([C@H]1CCCC[C@@H]1N)[C@@H](c1ccc(Cl)cc1Cl)[C@@H]2C(=O)N=O. The number of fused-ring (bicyclic) bond motifs is 1. The van der Waals surface area contributed by atoms with E-state index in [0.29, 0.717) is 29.0 Å². The smallest absolute Gasteiger partial charge is 0.296 e. The molecule has 2 aromatic carbocycles. The number of benzene rings is 2. The summed E-state index contributed by atoms with van der Waals surface area (Å²) in [6.45, 7) is -0.276. The van der Waals surface area contributed by atoms with Crippen LogP contribution in [-0.2, 0) is 4.79 Å². The maximum absolute atomic E-state index is 14.0. The van der Waals surface area contributed by atoms with Gasteiger partial charge in [0.15, 0.2) is 6.73 Å². The van der Waals surface area contributed by atoms with E-state index >= 15 is 0 Å². The second-order valence-corrected chi connectivity index (χ2v) is 9.34. The zero-order chi connectivity index (χ0) is 25.1. The van der Waals surface area contributed by atoms with Crippen LogP contribution < -0.4 is 10.5 Å². The summed E-state index contributed by atoms with van der Waals surface area (Å²) < 4.78 is 5.41. The summed E-state index contributed by atoms with van der Waals surface area (Å²) in [6, 6.07) is 7.71. The number of nitrogens with two attached hydrogens (primary N) is 1. The van der Waals surface area contributed by atoms with Gasteiger partial charge in [-0.05, 0) is 53.8 Å². The van der Waals surface area contributed by atoms with Crippen LogP contribution in [0.15, 0.2) is 46.7 Å². The largest absolute Gasteiger partial charge is 0.487 e. The van der Waals surface area contributed by atoms with Gasteiger partial charge in [-0.2, -0.15) is 0 Å². The topological polar surface area (TPSA) is 151 Å². The van der Waals surface area contributed by atoms with Gasteiger partial charge in [0, 0.05) is 37.8 Å². The van der Waals surface area contributed by atoms with E-state index < -0.39 is 23.9 Å². The highest BCUT2D eigenvalue weighted by Crippen LogP contribution is 2.48. The molecule has 0 aromatic heterocycles. The average molecular weight is 517 g/mol. The van der Waals surface area contributed by atoms with Crippen LogP contribution in [0.3, 0.4) is 0 Å². The molecule has 10 nitrogen and oxygen atoms in total. The van der Waals surface area contributed by atoms with Gasteiger partial charge in [0.1, 0.15) is 5.75 Å². The molecule has 1 aliphatic heterocycles. The number of carbonyl (C=O) groups is 2. The van der Waals surface area contributed by atoms with Gasteiger partial charge in [-0.25, -0.2) is 0 Å². The number of amides is 2. The Labute approximate surface area is 210 Å². The summed E-state index contributed by atoms with van der Waals surface area (Å²) in [5, 5.41) is 6.70. The maximum atomic E-state index is 14.0. The summed E-state index contributed by atoms with van der Waals surface area (Å²) >= 11 is 12.7. The molecule has 182 valence electrons. The highest BCUT2D eigenvalue weighted by atomic mass is 35.5. The van der Waals surface area contributed by atoms with E-state index in [1.807, 2.05) is 0 Å². The summed E-state index contributed by atoms with van der Waals surface area (Å²) in [7, 11) is 0. The zero-order valence-electron chi connectivity index (χ0n) is 18.5. The molecule has 2 amide bonds. The second kappa shape index (κ2) is 10.6. The predicted octanol–water partition coefficient (Wildman–Crippen LogP) is 5.48. The number of azide groups is 1. The van der Waals surface area contributed by atoms with E-state index in [0.717, 1.165) is 12.8 Å². The van der Waals surface area contributed by atoms with Crippen LogP contribution in [0.4, 0.5) is 0 Å². The lowest BCUT2D eigenvalue weighted by atomic mass is 9.76. The number of nitrogens with zero attached hydrogens (tertiary/aromatic N) is 5. The van der Waals surface area contributed by atoms with Gasteiger partial charge in [0.05, 0.1) is 12.0 Å². The molecule has 1 aliphatic carbocycles. The number of hydrogen-bond donors (Lipinski definition) is 1. The molecule has 2 N–H and O–H groups in total. The van der Waals surface area contributed by atoms with Crippen LogP contribution in [0, 0.1) is 4.91 Å². The Morgan fingerprint density at radius 3 is 2.60 bits per heavy atom. The number of carbonyl (C=O) groups excluding carboxylic acids is 2. The molecule has 0 saturated heterocycles. The van der Waals surface area contributed by atoms with Gasteiger partial charge in [-0.1, -0.05) is 53.3 Å². The number of ether oxygens (including phenoxy) is 1. The van der Waals surface area contributed by atoms with Gasteiger partial charge in [-0.3, -0.25) is 9.59 Å². The van der Waals surface area contributed by atoms with Crippen molar-refractivity contribution in [2.45, 2.75) is 49.7 Å². The molecule has 1 heterocycles. The number of halogens is 2. The van der Waals surface area contributed by atoms with Gasteiger partial charge in [0.25, 0.3) is 11.8 Å². The first-order valence-corrected chi connectivity index (χ1v) is 11.8. The fourth-order valence-electron chi connectivity index (χ4n) is 5.04. The Morgan fingerprint density at radius 1 is 1.17 bits per heavy atom. The lowest BCUT2D eigenvalue weighted by molar-refractivity contribution is -0.121.